The Morgan fingerprint density at radius 3 is 2.55 bits per heavy atom. The van der Waals surface area contributed by atoms with E-state index in [1.54, 1.807) is 11.3 Å². The summed E-state index contributed by atoms with van der Waals surface area (Å²) >= 11 is 1.72. The minimum absolute atomic E-state index is 0. The normalized spacial score (nSPS) is 15.2. The van der Waals surface area contributed by atoms with E-state index in [-0.39, 0.29) is 24.0 Å². The first-order chi connectivity index (χ1) is 13.5. The Balaban J connectivity index is 0.00000300. The van der Waals surface area contributed by atoms with E-state index in [9.17, 15) is 0 Å². The van der Waals surface area contributed by atoms with Gasteiger partial charge in [0.1, 0.15) is 12.4 Å². The lowest BCUT2D eigenvalue weighted by Gasteiger charge is -2.26. The van der Waals surface area contributed by atoms with Crippen LogP contribution in [0.15, 0.2) is 4.99 Å². The fraction of sp³-hybridized carbons (Fsp3) is 0.667. The van der Waals surface area contributed by atoms with E-state index in [0.717, 1.165) is 67.7 Å². The molecule has 1 saturated heterocycles. The predicted octanol–water partition coefficient (Wildman–Crippen LogP) is 1.38. The van der Waals surface area contributed by atoms with Gasteiger partial charge >= 0.3 is 0 Å². The van der Waals surface area contributed by atoms with Crippen LogP contribution in [0.25, 0.3) is 0 Å². The third kappa shape index (κ3) is 7.15. The Kier molecular flexibility index (Phi) is 9.72. The topological polar surface area (TPSA) is 92.5 Å². The van der Waals surface area contributed by atoms with Crippen LogP contribution in [-0.4, -0.2) is 70.0 Å². The van der Waals surface area contributed by atoms with E-state index in [2.05, 4.69) is 30.7 Å². The molecule has 3 heterocycles. The van der Waals surface area contributed by atoms with Crippen molar-refractivity contribution in [3.05, 3.63) is 27.2 Å². The highest BCUT2D eigenvalue weighted by Gasteiger charge is 2.11. The van der Waals surface area contributed by atoms with Crippen molar-refractivity contribution in [2.75, 3.05) is 39.4 Å². The van der Waals surface area contributed by atoms with Crippen LogP contribution >= 0.6 is 35.3 Å². The molecule has 2 aromatic rings. The number of nitrogens with zero attached hydrogens (tertiary/aromatic N) is 6. The number of nitrogens with one attached hydrogen (secondary N) is 2. The summed E-state index contributed by atoms with van der Waals surface area (Å²) < 4.78 is 7.37. The maximum atomic E-state index is 5.41. The molecular formula is C18H31IN8OS. The summed E-state index contributed by atoms with van der Waals surface area (Å²) in [5, 5.41) is 16.3. The molecule has 1 fully saturated rings. The number of aryl methyl sites for hydroxylation is 3. The van der Waals surface area contributed by atoms with Gasteiger partial charge < -0.3 is 19.9 Å². The first kappa shape index (κ1) is 24.0. The molecule has 3 rings (SSSR count). The minimum Gasteiger partial charge on any atom is -0.379 e. The summed E-state index contributed by atoms with van der Waals surface area (Å²) in [5.41, 5.74) is 1.08. The molecule has 0 bridgehead atoms. The quantitative estimate of drug-likeness (QED) is 0.315. The van der Waals surface area contributed by atoms with Crippen molar-refractivity contribution in [3.8, 4) is 0 Å². The Morgan fingerprint density at radius 2 is 1.93 bits per heavy atom. The summed E-state index contributed by atoms with van der Waals surface area (Å²) in [6.45, 7) is 12.6. The molecule has 0 amide bonds. The highest BCUT2D eigenvalue weighted by Crippen LogP contribution is 2.16. The molecule has 0 aliphatic carbocycles. The van der Waals surface area contributed by atoms with Gasteiger partial charge in [0.15, 0.2) is 11.8 Å². The zero-order valence-electron chi connectivity index (χ0n) is 17.6. The van der Waals surface area contributed by atoms with Crippen molar-refractivity contribution in [2.24, 2.45) is 12.0 Å². The fourth-order valence-corrected chi connectivity index (χ4v) is 3.85. The first-order valence-electron chi connectivity index (χ1n) is 9.63. The zero-order valence-corrected chi connectivity index (χ0v) is 20.7. The average Bonchev–Trinajstić information content (AvgIpc) is 3.18. The summed E-state index contributed by atoms with van der Waals surface area (Å²) in [5.74, 6) is 2.51. The van der Waals surface area contributed by atoms with Crippen LogP contribution in [-0.2, 0) is 24.9 Å². The molecule has 1 aliphatic heterocycles. The lowest BCUT2D eigenvalue weighted by Crippen LogP contribution is -2.44. The lowest BCUT2D eigenvalue weighted by molar-refractivity contribution is 0.0389. The van der Waals surface area contributed by atoms with Crippen LogP contribution in [0.4, 0.5) is 0 Å². The molecule has 0 aromatic carbocycles. The number of ether oxygens (including phenoxy) is 1. The van der Waals surface area contributed by atoms with Crippen molar-refractivity contribution in [1.82, 2.24) is 35.3 Å². The highest BCUT2D eigenvalue weighted by molar-refractivity contribution is 14.0. The predicted molar refractivity (Wildman–Crippen MR) is 126 cm³/mol. The van der Waals surface area contributed by atoms with Gasteiger partial charge in [-0.3, -0.25) is 4.90 Å². The largest absolute Gasteiger partial charge is 0.379 e. The number of halogens is 1. The third-order valence-corrected chi connectivity index (χ3v) is 5.87. The van der Waals surface area contributed by atoms with Crippen LogP contribution < -0.4 is 10.6 Å². The molecule has 0 saturated carbocycles. The summed E-state index contributed by atoms with van der Waals surface area (Å²) in [6.07, 6.45) is 0. The Hall–Kier alpha value is -1.31. The summed E-state index contributed by atoms with van der Waals surface area (Å²) in [6, 6.07) is 0. The van der Waals surface area contributed by atoms with Gasteiger partial charge in [0, 0.05) is 38.1 Å². The third-order valence-electron chi connectivity index (χ3n) is 4.80. The molecule has 1 aliphatic rings. The fourth-order valence-electron chi connectivity index (χ4n) is 2.97. The molecular weight excluding hydrogens is 503 g/mol. The molecule has 162 valence electrons. The monoisotopic (exact) mass is 534 g/mol. The van der Waals surface area contributed by atoms with Crippen LogP contribution in [0.2, 0.25) is 0 Å². The van der Waals surface area contributed by atoms with Crippen molar-refractivity contribution in [2.45, 2.75) is 33.9 Å². The molecule has 2 N–H and O–H groups in total. The maximum Gasteiger partial charge on any atom is 0.192 e. The smallest absolute Gasteiger partial charge is 0.192 e. The Bertz CT molecular complexity index is 800. The average molecular weight is 534 g/mol. The number of hydrogen-bond acceptors (Lipinski definition) is 7. The second-order valence-corrected chi connectivity index (χ2v) is 8.15. The van der Waals surface area contributed by atoms with E-state index < -0.39 is 0 Å². The number of aliphatic imine (C=N–C) groups is 1. The van der Waals surface area contributed by atoms with Gasteiger partial charge in [-0.05, 0) is 20.8 Å². The minimum atomic E-state index is 0. The van der Waals surface area contributed by atoms with Gasteiger partial charge in [-0.25, -0.2) is 9.98 Å². The first-order valence-corrected chi connectivity index (χ1v) is 10.4. The van der Waals surface area contributed by atoms with Gasteiger partial charge in [0.2, 0.25) is 0 Å². The van der Waals surface area contributed by atoms with Crippen molar-refractivity contribution in [3.63, 3.8) is 0 Å². The van der Waals surface area contributed by atoms with Crippen molar-refractivity contribution in [1.29, 1.82) is 0 Å². The number of thiazole rings is 1. The van der Waals surface area contributed by atoms with Crippen molar-refractivity contribution >= 4 is 41.3 Å². The molecule has 9 nitrogen and oxygen atoms in total. The highest BCUT2D eigenvalue weighted by atomic mass is 127. The van der Waals surface area contributed by atoms with Crippen LogP contribution in [0.5, 0.6) is 0 Å². The second kappa shape index (κ2) is 11.8. The maximum absolute atomic E-state index is 5.41. The SMILES string of the molecule is Cc1nc(C)c(CNC(=NCc2nnc(C)n2C)NCCN2CCOCC2)s1.I. The number of rotatable bonds is 7. The molecule has 0 radical (unpaired) electrons. The summed E-state index contributed by atoms with van der Waals surface area (Å²) in [4.78, 5) is 12.8. The van der Waals surface area contributed by atoms with Gasteiger partial charge in [0.25, 0.3) is 0 Å². The van der Waals surface area contributed by atoms with E-state index >= 15 is 0 Å². The van der Waals surface area contributed by atoms with Gasteiger partial charge in [-0.2, -0.15) is 0 Å². The van der Waals surface area contributed by atoms with E-state index in [1.807, 2.05) is 32.4 Å². The number of aromatic nitrogens is 4. The van der Waals surface area contributed by atoms with E-state index in [4.69, 9.17) is 9.73 Å². The van der Waals surface area contributed by atoms with Gasteiger partial charge in [-0.1, -0.05) is 0 Å². The molecule has 11 heteroatoms. The lowest BCUT2D eigenvalue weighted by atomic mass is 10.4. The molecule has 2 aromatic heterocycles. The number of guanidine groups is 1. The summed E-state index contributed by atoms with van der Waals surface area (Å²) in [7, 11) is 1.96. The second-order valence-electron chi connectivity index (χ2n) is 6.86. The zero-order chi connectivity index (χ0) is 19.9. The Morgan fingerprint density at radius 1 is 1.17 bits per heavy atom. The Labute approximate surface area is 193 Å². The van der Waals surface area contributed by atoms with Crippen molar-refractivity contribution < 1.29 is 4.74 Å². The van der Waals surface area contributed by atoms with E-state index in [1.165, 1.54) is 4.88 Å². The molecule has 0 atom stereocenters. The van der Waals surface area contributed by atoms with Crippen LogP contribution in [0.1, 0.15) is 27.2 Å². The van der Waals surface area contributed by atoms with E-state index in [0.29, 0.717) is 13.1 Å². The number of hydrogen-bond donors (Lipinski definition) is 2. The molecule has 29 heavy (non-hydrogen) atoms. The molecule has 0 spiro atoms. The van der Waals surface area contributed by atoms with Crippen LogP contribution in [0.3, 0.4) is 0 Å². The van der Waals surface area contributed by atoms with Gasteiger partial charge in [-0.15, -0.1) is 45.5 Å². The number of morpholine rings is 1. The standard InChI is InChI=1S/C18H30N8OS.HI/c1-13-16(28-15(3)22-13)11-20-18(19-5-6-26-7-9-27-10-8-26)21-12-17-24-23-14(2)25(17)4;/h5-12H2,1-4H3,(H2,19,20,21);1H. The van der Waals surface area contributed by atoms with Crippen LogP contribution in [0, 0.1) is 20.8 Å². The van der Waals surface area contributed by atoms with Gasteiger partial charge in [0.05, 0.1) is 30.5 Å². The molecule has 0 unspecified atom stereocenters.